The lowest BCUT2D eigenvalue weighted by Crippen LogP contribution is -2.71. The number of hydrogen-bond acceptors (Lipinski definition) is 12. The van der Waals surface area contributed by atoms with Crippen molar-refractivity contribution in [2.45, 2.75) is 30.9 Å². The number of fused-ring (bicyclic) bond motifs is 1. The van der Waals surface area contributed by atoms with Crippen LogP contribution in [0.4, 0.5) is 10.8 Å². The first-order chi connectivity index (χ1) is 24.1. The van der Waals surface area contributed by atoms with Crippen molar-refractivity contribution >= 4 is 69.2 Å². The van der Waals surface area contributed by atoms with Gasteiger partial charge < -0.3 is 36.3 Å². The highest BCUT2D eigenvalue weighted by Crippen LogP contribution is 2.41. The molecular weight excluding hydrogens is 689 g/mol. The van der Waals surface area contributed by atoms with Gasteiger partial charge in [-0.3, -0.25) is 24.1 Å². The molecule has 3 aliphatic heterocycles. The van der Waals surface area contributed by atoms with E-state index in [-0.39, 0.29) is 40.6 Å². The van der Waals surface area contributed by atoms with Gasteiger partial charge in [-0.2, -0.15) is 4.57 Å². The first kappa shape index (κ1) is 34.1. The number of anilines is 2. The minimum absolute atomic E-state index is 0.0318. The summed E-state index contributed by atoms with van der Waals surface area (Å²) in [7, 11) is 1.57. The van der Waals surface area contributed by atoms with Crippen molar-refractivity contribution in [2.75, 3.05) is 30.5 Å². The van der Waals surface area contributed by atoms with Gasteiger partial charge in [0.25, 0.3) is 17.7 Å². The quantitative estimate of drug-likeness (QED) is 0.0469. The molecular formula is C32H31N8O8S2+. The largest absolute Gasteiger partial charge is 0.497 e. The molecule has 18 heteroatoms. The molecule has 0 unspecified atom stereocenters. The number of carbonyl (C=O) groups is 5. The Morgan fingerprint density at radius 1 is 1.18 bits per heavy atom. The van der Waals surface area contributed by atoms with E-state index < -0.39 is 34.9 Å². The van der Waals surface area contributed by atoms with E-state index in [0.29, 0.717) is 42.1 Å². The highest BCUT2D eigenvalue weighted by Gasteiger charge is 2.54. The number of carbonyl (C=O) groups excluding carboxylic acids is 4. The standard InChI is InChI=1S/C32H30N8O8S2/c1-48-21-4-2-20(3-5-21)34-23(41)14-38-9-6-17(7-10-38)13-39-11-8-18(28(39)43)12-19-15-49-30-25(29(44)40(30)26(19)31(45)46)36-27(42)24(37-47)22-16-50-32(33)35-22/h2-7,9-10,12,16,25,30H,8,11,13-15H2,1H3,(H5-,33,34,35,36,41,42,45,46,47)/p+1/b18-12+/t25-,30-/m1/s1. The molecule has 3 aliphatic rings. The van der Waals surface area contributed by atoms with Crippen LogP contribution in [0.3, 0.4) is 0 Å². The summed E-state index contributed by atoms with van der Waals surface area (Å²) in [6, 6.07) is 9.59. The number of nitrogens with zero attached hydrogens (tertiary/aromatic N) is 5. The van der Waals surface area contributed by atoms with Gasteiger partial charge in [0.05, 0.1) is 7.11 Å². The van der Waals surface area contributed by atoms with Crippen molar-refractivity contribution < 1.29 is 43.6 Å². The number of benzene rings is 1. The van der Waals surface area contributed by atoms with Gasteiger partial charge in [0.2, 0.25) is 12.5 Å². The number of thiazole rings is 1. The van der Waals surface area contributed by atoms with Gasteiger partial charge in [-0.25, -0.2) is 9.78 Å². The molecule has 16 nitrogen and oxygen atoms in total. The monoisotopic (exact) mass is 719 g/mol. The van der Waals surface area contributed by atoms with E-state index in [1.165, 1.54) is 23.2 Å². The summed E-state index contributed by atoms with van der Waals surface area (Å²) in [5, 5.41) is 28.6. The smallest absolute Gasteiger partial charge is 0.352 e. The van der Waals surface area contributed by atoms with Crippen LogP contribution in [0.15, 0.2) is 82.2 Å². The maximum Gasteiger partial charge on any atom is 0.352 e. The average molecular weight is 720 g/mol. The SMILES string of the molecule is COc1ccc(NC(=O)C[n+]2ccc(CN3CC/C(=C\C4=C(C(=O)O)N5C(=O)[C@@H](NC(=O)/C(=N\O)c6csc(N)n6)[C@H]5SC4)C3=O)cc2)cc1. The summed E-state index contributed by atoms with van der Waals surface area (Å²) >= 11 is 2.28. The fourth-order valence-corrected chi connectivity index (χ4v) is 7.55. The minimum atomic E-state index is -1.34. The van der Waals surface area contributed by atoms with E-state index in [0.717, 1.165) is 21.8 Å². The maximum atomic E-state index is 13.3. The molecule has 0 radical (unpaired) electrons. The Bertz CT molecular complexity index is 1960. The normalized spacial score (nSPS) is 19.7. The number of nitrogen functional groups attached to an aromatic ring is 1. The Hall–Kier alpha value is -5.75. The van der Waals surface area contributed by atoms with E-state index in [1.54, 1.807) is 53.2 Å². The Balaban J connectivity index is 1.07. The highest BCUT2D eigenvalue weighted by atomic mass is 32.2. The Morgan fingerprint density at radius 3 is 2.56 bits per heavy atom. The number of ether oxygens (including phenoxy) is 1. The molecule has 6 N–H and O–H groups in total. The fraction of sp³-hybridized carbons (Fsp3) is 0.250. The van der Waals surface area contributed by atoms with Gasteiger partial charge in [0, 0.05) is 47.6 Å². The molecule has 2 fully saturated rings. The number of amides is 4. The van der Waals surface area contributed by atoms with Crippen molar-refractivity contribution in [3.05, 3.63) is 88.3 Å². The van der Waals surface area contributed by atoms with Gasteiger partial charge in [0.15, 0.2) is 23.2 Å². The second kappa shape index (κ2) is 14.4. The van der Waals surface area contributed by atoms with Gasteiger partial charge >= 0.3 is 5.97 Å². The van der Waals surface area contributed by atoms with Crippen LogP contribution in [-0.4, -0.2) is 91.2 Å². The van der Waals surface area contributed by atoms with Crippen LogP contribution in [0, 0.1) is 0 Å². The van der Waals surface area contributed by atoms with Crippen molar-refractivity contribution in [1.82, 2.24) is 20.1 Å². The van der Waals surface area contributed by atoms with E-state index in [4.69, 9.17) is 10.5 Å². The molecule has 4 amide bonds. The zero-order valence-electron chi connectivity index (χ0n) is 26.4. The third kappa shape index (κ3) is 7.01. The molecule has 258 valence electrons. The van der Waals surface area contributed by atoms with Crippen LogP contribution in [0.1, 0.15) is 17.7 Å². The first-order valence-corrected chi connectivity index (χ1v) is 17.1. The zero-order chi connectivity index (χ0) is 35.5. The lowest BCUT2D eigenvalue weighted by atomic mass is 10.0. The third-order valence-corrected chi connectivity index (χ3v) is 10.1. The van der Waals surface area contributed by atoms with E-state index in [1.807, 2.05) is 12.1 Å². The molecule has 3 aromatic rings. The number of thioether (sulfide) groups is 1. The molecule has 0 aliphatic carbocycles. The van der Waals surface area contributed by atoms with Crippen molar-refractivity contribution in [1.29, 1.82) is 0 Å². The number of aliphatic carboxylic acids is 1. The highest BCUT2D eigenvalue weighted by molar-refractivity contribution is 8.00. The Kier molecular flexibility index (Phi) is 9.82. The molecule has 6 rings (SSSR count). The summed E-state index contributed by atoms with van der Waals surface area (Å²) in [6.45, 7) is 0.829. The summed E-state index contributed by atoms with van der Waals surface area (Å²) in [5.41, 5.74) is 7.17. The Labute approximate surface area is 292 Å². The molecule has 2 atom stereocenters. The summed E-state index contributed by atoms with van der Waals surface area (Å²) < 4.78 is 6.85. The van der Waals surface area contributed by atoms with Crippen LogP contribution in [0.25, 0.3) is 0 Å². The van der Waals surface area contributed by atoms with Crippen LogP contribution in [0.5, 0.6) is 5.75 Å². The van der Waals surface area contributed by atoms with Crippen LogP contribution in [-0.2, 0) is 37.1 Å². The molecule has 2 saturated heterocycles. The van der Waals surface area contributed by atoms with Crippen molar-refractivity contribution in [3.8, 4) is 5.75 Å². The average Bonchev–Trinajstić information content (AvgIpc) is 3.68. The molecule has 0 saturated carbocycles. The number of nitrogens with one attached hydrogen (secondary N) is 2. The number of hydrogen-bond donors (Lipinski definition) is 5. The van der Waals surface area contributed by atoms with Crippen LogP contribution < -0.4 is 25.7 Å². The lowest BCUT2D eigenvalue weighted by molar-refractivity contribution is -0.684. The fourth-order valence-electron chi connectivity index (χ4n) is 5.70. The van der Waals surface area contributed by atoms with Gasteiger partial charge in [0.1, 0.15) is 28.6 Å². The molecule has 50 heavy (non-hydrogen) atoms. The predicted octanol–water partition coefficient (Wildman–Crippen LogP) is 0.936. The molecule has 2 aromatic heterocycles. The van der Waals surface area contributed by atoms with E-state index in [9.17, 15) is 34.3 Å². The number of likely N-dealkylation sites (tertiary alicyclic amines) is 1. The number of carboxylic acid groups (broad SMARTS) is 1. The van der Waals surface area contributed by atoms with Crippen molar-refractivity contribution in [3.63, 3.8) is 0 Å². The number of nitrogens with two attached hydrogens (primary N) is 1. The number of rotatable bonds is 11. The second-order valence-electron chi connectivity index (χ2n) is 11.4. The topological polar surface area (TPSA) is 221 Å². The molecule has 1 aromatic carbocycles. The van der Waals surface area contributed by atoms with Crippen LogP contribution in [0.2, 0.25) is 0 Å². The van der Waals surface area contributed by atoms with Crippen molar-refractivity contribution in [2.24, 2.45) is 5.16 Å². The van der Waals surface area contributed by atoms with Gasteiger partial charge in [-0.05, 0) is 47.9 Å². The molecule has 5 heterocycles. The predicted molar refractivity (Wildman–Crippen MR) is 181 cm³/mol. The second-order valence-corrected chi connectivity index (χ2v) is 13.4. The minimum Gasteiger partial charge on any atom is -0.497 e. The van der Waals surface area contributed by atoms with Crippen LogP contribution >= 0.6 is 23.1 Å². The number of methoxy groups -OCH3 is 1. The number of oxime groups is 1. The maximum absolute atomic E-state index is 13.3. The molecule has 0 spiro atoms. The summed E-state index contributed by atoms with van der Waals surface area (Å²) in [4.78, 5) is 70.8. The number of pyridine rings is 1. The third-order valence-electron chi connectivity index (χ3n) is 8.16. The number of aromatic nitrogens is 2. The van der Waals surface area contributed by atoms with E-state index >= 15 is 0 Å². The number of β-lactam (4-membered cyclic amide) rings is 1. The Morgan fingerprint density at radius 2 is 1.92 bits per heavy atom. The first-order valence-electron chi connectivity index (χ1n) is 15.1. The summed E-state index contributed by atoms with van der Waals surface area (Å²) in [6.07, 6.45) is 5.44. The number of allylic oxidation sites excluding steroid dienone is 1. The number of carboxylic acids is 1. The van der Waals surface area contributed by atoms with E-state index in [2.05, 4.69) is 20.8 Å². The van der Waals surface area contributed by atoms with Gasteiger partial charge in [-0.15, -0.1) is 23.1 Å². The lowest BCUT2D eigenvalue weighted by Gasteiger charge is -2.49. The molecule has 0 bridgehead atoms. The zero-order valence-corrected chi connectivity index (χ0v) is 28.1. The summed E-state index contributed by atoms with van der Waals surface area (Å²) in [5.74, 6) is -2.46. The van der Waals surface area contributed by atoms with Gasteiger partial charge in [-0.1, -0.05) is 5.16 Å².